The lowest BCUT2D eigenvalue weighted by Crippen LogP contribution is -2.29. The van der Waals surface area contributed by atoms with Gasteiger partial charge in [-0.05, 0) is 18.6 Å². The molecule has 0 radical (unpaired) electrons. The Morgan fingerprint density at radius 1 is 1.42 bits per heavy atom. The van der Waals surface area contributed by atoms with E-state index in [0.717, 1.165) is 0 Å². The van der Waals surface area contributed by atoms with E-state index >= 15 is 0 Å². The van der Waals surface area contributed by atoms with Gasteiger partial charge in [-0.25, -0.2) is 18.1 Å². The van der Waals surface area contributed by atoms with Crippen LogP contribution < -0.4 is 10.5 Å². The summed E-state index contributed by atoms with van der Waals surface area (Å²) in [6.07, 6.45) is 1.33. The zero-order valence-electron chi connectivity index (χ0n) is 10.4. The van der Waals surface area contributed by atoms with E-state index in [-0.39, 0.29) is 5.75 Å². The second kappa shape index (κ2) is 5.37. The van der Waals surface area contributed by atoms with Gasteiger partial charge in [0.05, 0.1) is 11.8 Å². The molecule has 0 saturated carbocycles. The molecule has 0 amide bonds. The smallest absolute Gasteiger partial charge is 0.216 e. The van der Waals surface area contributed by atoms with Gasteiger partial charge in [-0.2, -0.15) is 5.10 Å². The number of rotatable bonds is 5. The molecule has 0 fully saturated rings. The molecular formula is C11H15N5O2S. The Morgan fingerprint density at radius 3 is 2.79 bits per heavy atom. The zero-order chi connectivity index (χ0) is 13.9. The number of hydrogen-bond acceptors (Lipinski definition) is 5. The van der Waals surface area contributed by atoms with E-state index in [4.69, 9.17) is 5.73 Å². The van der Waals surface area contributed by atoms with Crippen LogP contribution in [0, 0.1) is 0 Å². The van der Waals surface area contributed by atoms with Gasteiger partial charge in [-0.15, -0.1) is 0 Å². The number of aromatic amines is 1. The first kappa shape index (κ1) is 13.5. The number of nitrogen functional groups attached to an aromatic ring is 1. The maximum Gasteiger partial charge on any atom is 0.216 e. The molecule has 0 aliphatic heterocycles. The maximum absolute atomic E-state index is 12.0. The van der Waals surface area contributed by atoms with Crippen molar-refractivity contribution in [1.82, 2.24) is 19.9 Å². The molecule has 0 bridgehead atoms. The molecule has 19 heavy (non-hydrogen) atoms. The van der Waals surface area contributed by atoms with E-state index in [1.54, 1.807) is 31.2 Å². The van der Waals surface area contributed by atoms with Gasteiger partial charge >= 0.3 is 0 Å². The van der Waals surface area contributed by atoms with Gasteiger partial charge in [0.15, 0.2) is 0 Å². The van der Waals surface area contributed by atoms with E-state index in [1.807, 2.05) is 0 Å². The van der Waals surface area contributed by atoms with Crippen LogP contribution in [0.15, 0.2) is 30.6 Å². The molecule has 1 atom stereocenters. The number of benzene rings is 1. The SMILES string of the molecule is CC(NS(=O)(=O)Cc1ccccc1N)c1ncn[nH]1. The van der Waals surface area contributed by atoms with Gasteiger partial charge in [0.1, 0.15) is 12.2 Å². The summed E-state index contributed by atoms with van der Waals surface area (Å²) in [5.74, 6) is 0.294. The minimum atomic E-state index is -3.50. The highest BCUT2D eigenvalue weighted by atomic mass is 32.2. The van der Waals surface area contributed by atoms with Gasteiger partial charge in [0.25, 0.3) is 0 Å². The van der Waals surface area contributed by atoms with E-state index in [0.29, 0.717) is 17.1 Å². The van der Waals surface area contributed by atoms with Gasteiger partial charge in [0, 0.05) is 5.69 Å². The van der Waals surface area contributed by atoms with Gasteiger partial charge in [-0.1, -0.05) is 18.2 Å². The summed E-state index contributed by atoms with van der Waals surface area (Å²) in [7, 11) is -3.50. The van der Waals surface area contributed by atoms with Crippen LogP contribution in [0.4, 0.5) is 5.69 Å². The molecular weight excluding hydrogens is 266 g/mol. The Morgan fingerprint density at radius 2 is 2.16 bits per heavy atom. The van der Waals surface area contributed by atoms with Crippen molar-refractivity contribution in [3.63, 3.8) is 0 Å². The van der Waals surface area contributed by atoms with Crippen LogP contribution in [0.3, 0.4) is 0 Å². The summed E-state index contributed by atoms with van der Waals surface area (Å²) in [6.45, 7) is 1.69. The average Bonchev–Trinajstić information content (AvgIpc) is 2.85. The Bertz CT molecular complexity index is 639. The second-order valence-electron chi connectivity index (χ2n) is 4.17. The fourth-order valence-corrected chi connectivity index (χ4v) is 3.07. The van der Waals surface area contributed by atoms with E-state index in [1.165, 1.54) is 6.33 Å². The molecule has 1 unspecified atom stereocenters. The number of nitrogens with one attached hydrogen (secondary N) is 2. The van der Waals surface area contributed by atoms with Crippen LogP contribution in [0.5, 0.6) is 0 Å². The number of hydrogen-bond donors (Lipinski definition) is 3. The molecule has 102 valence electrons. The van der Waals surface area contributed by atoms with Crippen molar-refractivity contribution < 1.29 is 8.42 Å². The third kappa shape index (κ3) is 3.52. The monoisotopic (exact) mass is 281 g/mol. The maximum atomic E-state index is 12.0. The Labute approximate surface area is 111 Å². The molecule has 2 rings (SSSR count). The van der Waals surface area contributed by atoms with Crippen LogP contribution in [0.2, 0.25) is 0 Å². The number of anilines is 1. The molecule has 4 N–H and O–H groups in total. The number of para-hydroxylation sites is 1. The van der Waals surface area contributed by atoms with Crippen molar-refractivity contribution in [2.45, 2.75) is 18.7 Å². The van der Waals surface area contributed by atoms with Gasteiger partial charge in [-0.3, -0.25) is 5.10 Å². The number of nitrogens with zero attached hydrogens (tertiary/aromatic N) is 2. The zero-order valence-corrected chi connectivity index (χ0v) is 11.2. The first-order valence-corrected chi connectivity index (χ1v) is 7.32. The van der Waals surface area contributed by atoms with Crippen molar-refractivity contribution >= 4 is 15.7 Å². The largest absolute Gasteiger partial charge is 0.398 e. The lowest BCUT2D eigenvalue weighted by molar-refractivity contribution is 0.559. The van der Waals surface area contributed by atoms with Gasteiger partial charge < -0.3 is 5.73 Å². The predicted octanol–water partition coefficient (Wildman–Crippen LogP) is 0.568. The first-order chi connectivity index (χ1) is 8.98. The summed E-state index contributed by atoms with van der Waals surface area (Å²) in [4.78, 5) is 3.91. The molecule has 2 aromatic rings. The number of nitrogens with two attached hydrogens (primary N) is 1. The van der Waals surface area contributed by atoms with Crippen LogP contribution >= 0.6 is 0 Å². The van der Waals surface area contributed by atoms with Crippen molar-refractivity contribution in [1.29, 1.82) is 0 Å². The minimum Gasteiger partial charge on any atom is -0.398 e. The standard InChI is InChI=1S/C11H15N5O2S/c1-8(11-13-7-14-15-11)16-19(17,18)6-9-4-2-3-5-10(9)12/h2-5,7-8,16H,6,12H2,1H3,(H,13,14,15). The summed E-state index contributed by atoms with van der Waals surface area (Å²) in [5, 5.41) is 6.30. The summed E-state index contributed by atoms with van der Waals surface area (Å²) in [6, 6.07) is 6.40. The normalized spacial score (nSPS) is 13.3. The molecule has 0 aliphatic rings. The number of H-pyrrole nitrogens is 1. The van der Waals surface area contributed by atoms with Crippen LogP contribution in [-0.2, 0) is 15.8 Å². The third-order valence-corrected chi connectivity index (χ3v) is 4.00. The minimum absolute atomic E-state index is 0.169. The Balaban J connectivity index is 2.09. The van der Waals surface area contributed by atoms with Crippen LogP contribution in [0.1, 0.15) is 24.4 Å². The van der Waals surface area contributed by atoms with Crippen molar-refractivity contribution in [3.05, 3.63) is 42.0 Å². The Kier molecular flexibility index (Phi) is 3.82. The van der Waals surface area contributed by atoms with E-state index in [2.05, 4.69) is 19.9 Å². The molecule has 0 aliphatic carbocycles. The fourth-order valence-electron chi connectivity index (χ4n) is 1.66. The first-order valence-electron chi connectivity index (χ1n) is 5.66. The highest BCUT2D eigenvalue weighted by Crippen LogP contribution is 2.15. The van der Waals surface area contributed by atoms with Crippen molar-refractivity contribution in [2.75, 3.05) is 5.73 Å². The molecule has 8 heteroatoms. The highest BCUT2D eigenvalue weighted by molar-refractivity contribution is 7.88. The van der Waals surface area contributed by atoms with Crippen molar-refractivity contribution in [2.24, 2.45) is 0 Å². The third-order valence-electron chi connectivity index (χ3n) is 2.60. The molecule has 1 aromatic heterocycles. The quantitative estimate of drug-likeness (QED) is 0.693. The summed E-state index contributed by atoms with van der Waals surface area (Å²) < 4.78 is 26.6. The van der Waals surface area contributed by atoms with Crippen molar-refractivity contribution in [3.8, 4) is 0 Å². The topological polar surface area (TPSA) is 114 Å². The average molecular weight is 281 g/mol. The number of aromatic nitrogens is 3. The molecule has 1 heterocycles. The lowest BCUT2D eigenvalue weighted by atomic mass is 10.2. The number of sulfonamides is 1. The van der Waals surface area contributed by atoms with E-state index in [9.17, 15) is 8.42 Å². The Hall–Kier alpha value is -1.93. The molecule has 0 spiro atoms. The predicted molar refractivity (Wildman–Crippen MR) is 71.4 cm³/mol. The lowest BCUT2D eigenvalue weighted by Gasteiger charge is -2.12. The van der Waals surface area contributed by atoms with Crippen LogP contribution in [-0.4, -0.2) is 23.6 Å². The summed E-state index contributed by atoms with van der Waals surface area (Å²) >= 11 is 0. The van der Waals surface area contributed by atoms with Crippen LogP contribution in [0.25, 0.3) is 0 Å². The molecule has 1 aromatic carbocycles. The van der Waals surface area contributed by atoms with E-state index < -0.39 is 16.1 Å². The fraction of sp³-hybridized carbons (Fsp3) is 0.273. The summed E-state index contributed by atoms with van der Waals surface area (Å²) in [5.41, 5.74) is 6.76. The highest BCUT2D eigenvalue weighted by Gasteiger charge is 2.19. The molecule has 7 nitrogen and oxygen atoms in total. The molecule has 0 saturated heterocycles. The van der Waals surface area contributed by atoms with Gasteiger partial charge in [0.2, 0.25) is 10.0 Å². The second-order valence-corrected chi connectivity index (χ2v) is 5.92.